The second kappa shape index (κ2) is 6.48. The van der Waals surface area contributed by atoms with Crippen LogP contribution >= 0.6 is 0 Å². The van der Waals surface area contributed by atoms with Gasteiger partial charge in [-0.3, -0.25) is 0 Å². The van der Waals surface area contributed by atoms with E-state index in [4.69, 9.17) is 4.74 Å². The minimum atomic E-state index is -0.347. The van der Waals surface area contributed by atoms with Crippen molar-refractivity contribution in [3.05, 3.63) is 53.5 Å². The van der Waals surface area contributed by atoms with Gasteiger partial charge in [0.25, 0.3) is 0 Å². The molecule has 1 unspecified atom stereocenters. The maximum Gasteiger partial charge on any atom is 0.224 e. The Hall–Kier alpha value is -1.94. The molecular formula is C16H19FN2O. The van der Waals surface area contributed by atoms with Gasteiger partial charge >= 0.3 is 0 Å². The van der Waals surface area contributed by atoms with Crippen molar-refractivity contribution in [3.63, 3.8) is 0 Å². The van der Waals surface area contributed by atoms with E-state index in [-0.39, 0.29) is 17.6 Å². The molecule has 106 valence electrons. The monoisotopic (exact) mass is 274 g/mol. The SMILES string of the molecule is CCNC(C)c1cccnc1Oc1cccc(C)c1F. The van der Waals surface area contributed by atoms with Crippen molar-refractivity contribution in [2.45, 2.75) is 26.8 Å². The molecule has 0 radical (unpaired) electrons. The summed E-state index contributed by atoms with van der Waals surface area (Å²) in [7, 11) is 0. The van der Waals surface area contributed by atoms with E-state index >= 15 is 0 Å². The summed E-state index contributed by atoms with van der Waals surface area (Å²) in [5.41, 5.74) is 1.47. The fraction of sp³-hybridized carbons (Fsp3) is 0.312. The van der Waals surface area contributed by atoms with Gasteiger partial charge in [-0.05, 0) is 38.1 Å². The molecule has 0 saturated carbocycles. The van der Waals surface area contributed by atoms with Crippen LogP contribution in [0.15, 0.2) is 36.5 Å². The largest absolute Gasteiger partial charge is 0.436 e. The van der Waals surface area contributed by atoms with Gasteiger partial charge in [0.15, 0.2) is 11.6 Å². The summed E-state index contributed by atoms with van der Waals surface area (Å²) in [5, 5.41) is 3.30. The number of benzene rings is 1. The van der Waals surface area contributed by atoms with E-state index in [9.17, 15) is 4.39 Å². The van der Waals surface area contributed by atoms with Crippen molar-refractivity contribution in [1.29, 1.82) is 0 Å². The molecule has 0 aliphatic heterocycles. The normalized spacial score (nSPS) is 12.2. The van der Waals surface area contributed by atoms with Gasteiger partial charge in [0.05, 0.1) is 0 Å². The molecule has 2 aromatic rings. The summed E-state index contributed by atoms with van der Waals surface area (Å²) in [6.07, 6.45) is 1.64. The van der Waals surface area contributed by atoms with E-state index in [1.165, 1.54) is 0 Å². The van der Waals surface area contributed by atoms with E-state index in [2.05, 4.69) is 10.3 Å². The summed E-state index contributed by atoms with van der Waals surface area (Å²) >= 11 is 0. The molecule has 1 heterocycles. The number of aromatic nitrogens is 1. The lowest BCUT2D eigenvalue weighted by molar-refractivity contribution is 0.413. The van der Waals surface area contributed by atoms with Crippen LogP contribution in [0.5, 0.6) is 11.6 Å². The molecule has 2 rings (SSSR count). The molecule has 1 N–H and O–H groups in total. The van der Waals surface area contributed by atoms with Crippen LogP contribution in [0.2, 0.25) is 0 Å². The topological polar surface area (TPSA) is 34.2 Å². The van der Waals surface area contributed by atoms with Crippen LogP contribution in [0.1, 0.15) is 31.0 Å². The van der Waals surface area contributed by atoms with E-state index in [1.807, 2.05) is 26.0 Å². The summed E-state index contributed by atoms with van der Waals surface area (Å²) in [4.78, 5) is 4.22. The average Bonchev–Trinajstić information content (AvgIpc) is 2.45. The van der Waals surface area contributed by atoms with Crippen LogP contribution in [0, 0.1) is 12.7 Å². The van der Waals surface area contributed by atoms with E-state index in [0.717, 1.165) is 12.1 Å². The van der Waals surface area contributed by atoms with Crippen molar-refractivity contribution >= 4 is 0 Å². The molecule has 3 nitrogen and oxygen atoms in total. The van der Waals surface area contributed by atoms with E-state index in [0.29, 0.717) is 11.4 Å². The smallest absolute Gasteiger partial charge is 0.224 e. The number of pyridine rings is 1. The Bertz CT molecular complexity index is 586. The lowest BCUT2D eigenvalue weighted by Gasteiger charge is -2.16. The molecule has 0 saturated heterocycles. The first-order chi connectivity index (χ1) is 9.63. The van der Waals surface area contributed by atoms with Gasteiger partial charge in [-0.15, -0.1) is 0 Å². The molecule has 0 amide bonds. The molecule has 0 spiro atoms. The lowest BCUT2D eigenvalue weighted by Crippen LogP contribution is -2.18. The van der Waals surface area contributed by atoms with Crippen LogP contribution in [-0.4, -0.2) is 11.5 Å². The van der Waals surface area contributed by atoms with Crippen molar-refractivity contribution in [1.82, 2.24) is 10.3 Å². The standard InChI is InChI=1S/C16H19FN2O/c1-4-18-12(3)13-8-6-10-19-16(13)20-14-9-5-7-11(2)15(14)17/h5-10,12,18H,4H2,1-3H3. The minimum Gasteiger partial charge on any atom is -0.436 e. The quantitative estimate of drug-likeness (QED) is 0.895. The van der Waals surface area contributed by atoms with Crippen LogP contribution in [0.3, 0.4) is 0 Å². The number of halogens is 1. The van der Waals surface area contributed by atoms with E-state index < -0.39 is 0 Å². The van der Waals surface area contributed by atoms with Crippen LogP contribution in [-0.2, 0) is 0 Å². The Balaban J connectivity index is 2.32. The zero-order valence-electron chi connectivity index (χ0n) is 12.0. The molecule has 1 atom stereocenters. The summed E-state index contributed by atoms with van der Waals surface area (Å²) < 4.78 is 19.7. The average molecular weight is 274 g/mol. The number of hydrogen-bond donors (Lipinski definition) is 1. The van der Waals surface area contributed by atoms with Gasteiger partial charge in [-0.2, -0.15) is 0 Å². The van der Waals surface area contributed by atoms with E-state index in [1.54, 1.807) is 31.3 Å². The number of rotatable bonds is 5. The lowest BCUT2D eigenvalue weighted by atomic mass is 10.1. The number of nitrogens with one attached hydrogen (secondary N) is 1. The highest BCUT2D eigenvalue weighted by Gasteiger charge is 2.14. The highest BCUT2D eigenvalue weighted by molar-refractivity contribution is 5.36. The molecule has 0 fully saturated rings. The summed E-state index contributed by atoms with van der Waals surface area (Å²) in [6, 6.07) is 8.97. The third kappa shape index (κ3) is 3.14. The molecule has 0 bridgehead atoms. The first-order valence-corrected chi connectivity index (χ1v) is 6.74. The predicted octanol–water partition coefficient (Wildman–Crippen LogP) is 3.99. The molecule has 0 aliphatic carbocycles. The molecule has 1 aromatic heterocycles. The molecule has 0 aliphatic rings. The van der Waals surface area contributed by atoms with Gasteiger partial charge in [0.2, 0.25) is 5.88 Å². The fourth-order valence-corrected chi connectivity index (χ4v) is 2.04. The molecular weight excluding hydrogens is 255 g/mol. The Morgan fingerprint density at radius 2 is 2.10 bits per heavy atom. The molecule has 4 heteroatoms. The zero-order valence-corrected chi connectivity index (χ0v) is 12.0. The Morgan fingerprint density at radius 1 is 1.30 bits per heavy atom. The van der Waals surface area contributed by atoms with Gasteiger partial charge < -0.3 is 10.1 Å². The summed E-state index contributed by atoms with van der Waals surface area (Å²) in [5.74, 6) is 0.291. The van der Waals surface area contributed by atoms with Crippen LogP contribution in [0.25, 0.3) is 0 Å². The third-order valence-corrected chi connectivity index (χ3v) is 3.14. The maximum atomic E-state index is 14.0. The maximum absolute atomic E-state index is 14.0. The van der Waals surface area contributed by atoms with Crippen molar-refractivity contribution < 1.29 is 9.13 Å². The highest BCUT2D eigenvalue weighted by Crippen LogP contribution is 2.29. The second-order valence-electron chi connectivity index (χ2n) is 4.67. The van der Waals surface area contributed by atoms with Crippen LogP contribution < -0.4 is 10.1 Å². The second-order valence-corrected chi connectivity index (χ2v) is 4.67. The van der Waals surface area contributed by atoms with Gasteiger partial charge in [0.1, 0.15) is 0 Å². The third-order valence-electron chi connectivity index (χ3n) is 3.14. The first kappa shape index (κ1) is 14.5. The number of aryl methyl sites for hydroxylation is 1. The molecule has 1 aromatic carbocycles. The highest BCUT2D eigenvalue weighted by atomic mass is 19.1. The number of hydrogen-bond acceptors (Lipinski definition) is 3. The van der Waals surface area contributed by atoms with Crippen molar-refractivity contribution in [2.75, 3.05) is 6.54 Å². The first-order valence-electron chi connectivity index (χ1n) is 6.74. The van der Waals surface area contributed by atoms with Gasteiger partial charge in [-0.1, -0.05) is 25.1 Å². The zero-order chi connectivity index (χ0) is 14.5. The van der Waals surface area contributed by atoms with Crippen molar-refractivity contribution in [3.8, 4) is 11.6 Å². The predicted molar refractivity (Wildman–Crippen MR) is 77.5 cm³/mol. The summed E-state index contributed by atoms with van der Waals surface area (Å²) in [6.45, 7) is 6.62. The Kier molecular flexibility index (Phi) is 4.69. The Morgan fingerprint density at radius 3 is 2.85 bits per heavy atom. The number of ether oxygens (including phenoxy) is 1. The minimum absolute atomic E-state index is 0.0940. The van der Waals surface area contributed by atoms with Gasteiger partial charge in [0, 0.05) is 17.8 Å². The van der Waals surface area contributed by atoms with Crippen LogP contribution in [0.4, 0.5) is 4.39 Å². The number of nitrogens with zero attached hydrogens (tertiary/aromatic N) is 1. The van der Waals surface area contributed by atoms with Gasteiger partial charge in [-0.25, -0.2) is 9.37 Å². The fourth-order valence-electron chi connectivity index (χ4n) is 2.04. The Labute approximate surface area is 118 Å². The molecule has 20 heavy (non-hydrogen) atoms. The van der Waals surface area contributed by atoms with Crippen molar-refractivity contribution in [2.24, 2.45) is 0 Å².